The summed E-state index contributed by atoms with van der Waals surface area (Å²) in [5.74, 6) is -0.436. The number of hydrogen-bond acceptors (Lipinski definition) is 7. The van der Waals surface area contributed by atoms with E-state index in [9.17, 15) is 14.9 Å². The molecule has 0 aliphatic heterocycles. The van der Waals surface area contributed by atoms with E-state index < -0.39 is 10.8 Å². The van der Waals surface area contributed by atoms with Gasteiger partial charge in [-0.2, -0.15) is 0 Å². The van der Waals surface area contributed by atoms with Gasteiger partial charge >= 0.3 is 5.00 Å². The van der Waals surface area contributed by atoms with Gasteiger partial charge in [0.15, 0.2) is 0 Å². The summed E-state index contributed by atoms with van der Waals surface area (Å²) >= 11 is 2.06. The molecule has 3 rings (SSSR count). The second-order valence-electron chi connectivity index (χ2n) is 4.13. The number of carbonyl (C=O) groups excluding carboxylic acids is 1. The maximum Gasteiger partial charge on any atom is 0.324 e. The standard InChI is InChI=1S/C13H8N4O3S2/c18-11(9-6-7-10(21-9)17(19)20)14-13-16-15-12(22-13)8-4-2-1-3-5-8/h1-7H,(H,14,16,18). The second-order valence-corrected chi connectivity index (χ2v) is 6.17. The summed E-state index contributed by atoms with van der Waals surface area (Å²) in [5, 5.41) is 22.1. The summed E-state index contributed by atoms with van der Waals surface area (Å²) in [6, 6.07) is 12.2. The van der Waals surface area contributed by atoms with Crippen molar-refractivity contribution in [1.82, 2.24) is 10.2 Å². The van der Waals surface area contributed by atoms with Crippen molar-refractivity contribution < 1.29 is 9.72 Å². The molecule has 7 nitrogen and oxygen atoms in total. The molecule has 0 unspecified atom stereocenters. The van der Waals surface area contributed by atoms with Crippen LogP contribution < -0.4 is 5.32 Å². The number of benzene rings is 1. The van der Waals surface area contributed by atoms with Crippen LogP contribution in [-0.4, -0.2) is 21.0 Å². The van der Waals surface area contributed by atoms with E-state index in [1.807, 2.05) is 30.3 Å². The minimum Gasteiger partial charge on any atom is -0.296 e. The predicted molar refractivity (Wildman–Crippen MR) is 84.3 cm³/mol. The van der Waals surface area contributed by atoms with Crippen LogP contribution in [0.2, 0.25) is 0 Å². The molecule has 2 heterocycles. The fourth-order valence-corrected chi connectivity index (χ4v) is 3.14. The van der Waals surface area contributed by atoms with E-state index in [4.69, 9.17) is 0 Å². The molecule has 0 aliphatic rings. The lowest BCUT2D eigenvalue weighted by atomic mass is 10.2. The minimum absolute atomic E-state index is 0.0765. The van der Waals surface area contributed by atoms with Gasteiger partial charge in [0.1, 0.15) is 5.01 Å². The van der Waals surface area contributed by atoms with Crippen molar-refractivity contribution in [3.63, 3.8) is 0 Å². The molecule has 0 atom stereocenters. The molecule has 0 saturated carbocycles. The van der Waals surface area contributed by atoms with E-state index in [2.05, 4.69) is 15.5 Å². The number of rotatable bonds is 4. The third-order valence-electron chi connectivity index (χ3n) is 2.66. The fraction of sp³-hybridized carbons (Fsp3) is 0. The van der Waals surface area contributed by atoms with Crippen LogP contribution in [0.3, 0.4) is 0 Å². The van der Waals surface area contributed by atoms with Crippen LogP contribution in [0.15, 0.2) is 42.5 Å². The number of anilines is 1. The highest BCUT2D eigenvalue weighted by molar-refractivity contribution is 7.19. The first-order valence-electron chi connectivity index (χ1n) is 6.08. The lowest BCUT2D eigenvalue weighted by Gasteiger charge is -1.96. The van der Waals surface area contributed by atoms with Gasteiger partial charge in [-0.25, -0.2) is 0 Å². The molecule has 1 amide bonds. The average molecular weight is 332 g/mol. The maximum atomic E-state index is 12.0. The lowest BCUT2D eigenvalue weighted by Crippen LogP contribution is -2.09. The highest BCUT2D eigenvalue weighted by Crippen LogP contribution is 2.28. The summed E-state index contributed by atoms with van der Waals surface area (Å²) < 4.78 is 0. The van der Waals surface area contributed by atoms with Crippen LogP contribution in [0.25, 0.3) is 10.6 Å². The van der Waals surface area contributed by atoms with Gasteiger partial charge in [-0.15, -0.1) is 10.2 Å². The third-order valence-corrected chi connectivity index (χ3v) is 4.59. The molecule has 0 spiro atoms. The Morgan fingerprint density at radius 3 is 2.55 bits per heavy atom. The zero-order chi connectivity index (χ0) is 15.5. The molecule has 0 radical (unpaired) electrons. The Bertz CT molecular complexity index is 829. The van der Waals surface area contributed by atoms with Crippen molar-refractivity contribution in [3.05, 3.63) is 57.5 Å². The van der Waals surface area contributed by atoms with Crippen molar-refractivity contribution in [3.8, 4) is 10.6 Å². The average Bonchev–Trinajstić information content (AvgIpc) is 3.17. The Morgan fingerprint density at radius 2 is 1.86 bits per heavy atom. The third kappa shape index (κ3) is 3.00. The van der Waals surface area contributed by atoms with Crippen LogP contribution in [0.1, 0.15) is 9.67 Å². The molecule has 22 heavy (non-hydrogen) atoms. The van der Waals surface area contributed by atoms with Crippen LogP contribution in [0.4, 0.5) is 10.1 Å². The number of aromatic nitrogens is 2. The van der Waals surface area contributed by atoms with Crippen LogP contribution in [-0.2, 0) is 0 Å². The quantitative estimate of drug-likeness (QED) is 0.583. The first kappa shape index (κ1) is 14.3. The van der Waals surface area contributed by atoms with Crippen molar-refractivity contribution in [2.24, 2.45) is 0 Å². The maximum absolute atomic E-state index is 12.0. The van der Waals surface area contributed by atoms with Crippen LogP contribution in [0.5, 0.6) is 0 Å². The Kier molecular flexibility index (Phi) is 3.90. The lowest BCUT2D eigenvalue weighted by molar-refractivity contribution is -0.380. The summed E-state index contributed by atoms with van der Waals surface area (Å²) in [4.78, 5) is 22.4. The molecule has 0 saturated heterocycles. The van der Waals surface area contributed by atoms with E-state index in [0.717, 1.165) is 16.9 Å². The number of nitrogens with zero attached hydrogens (tertiary/aromatic N) is 3. The summed E-state index contributed by atoms with van der Waals surface area (Å²) in [6.07, 6.45) is 0. The Labute approximate surface area is 132 Å². The molecule has 1 N–H and O–H groups in total. The number of nitro groups is 1. The van der Waals surface area contributed by atoms with Gasteiger partial charge < -0.3 is 0 Å². The van der Waals surface area contributed by atoms with E-state index in [0.29, 0.717) is 10.1 Å². The van der Waals surface area contributed by atoms with Gasteiger partial charge in [-0.05, 0) is 6.07 Å². The Morgan fingerprint density at radius 1 is 1.09 bits per heavy atom. The van der Waals surface area contributed by atoms with Crippen molar-refractivity contribution in [2.75, 3.05) is 5.32 Å². The first-order chi connectivity index (χ1) is 10.6. The minimum atomic E-state index is -0.528. The van der Waals surface area contributed by atoms with E-state index in [1.165, 1.54) is 23.5 Å². The normalized spacial score (nSPS) is 10.4. The van der Waals surface area contributed by atoms with E-state index >= 15 is 0 Å². The van der Waals surface area contributed by atoms with Crippen molar-refractivity contribution in [2.45, 2.75) is 0 Å². The SMILES string of the molecule is O=C(Nc1nnc(-c2ccccc2)s1)c1ccc([N+](=O)[O-])s1. The molecule has 0 bridgehead atoms. The number of hydrogen-bond donors (Lipinski definition) is 1. The van der Waals surface area contributed by atoms with Gasteiger partial charge in [-0.1, -0.05) is 53.0 Å². The number of nitrogens with one attached hydrogen (secondary N) is 1. The van der Waals surface area contributed by atoms with Gasteiger partial charge in [0.2, 0.25) is 5.13 Å². The molecule has 0 aliphatic carbocycles. The molecule has 2 aromatic heterocycles. The topological polar surface area (TPSA) is 98.0 Å². The summed E-state index contributed by atoms with van der Waals surface area (Å²) in [6.45, 7) is 0. The van der Waals surface area contributed by atoms with Gasteiger partial charge in [-0.3, -0.25) is 20.2 Å². The van der Waals surface area contributed by atoms with Crippen LogP contribution in [0, 0.1) is 10.1 Å². The zero-order valence-electron chi connectivity index (χ0n) is 10.9. The molecule has 9 heteroatoms. The van der Waals surface area contributed by atoms with E-state index in [-0.39, 0.29) is 9.88 Å². The smallest absolute Gasteiger partial charge is 0.296 e. The summed E-state index contributed by atoms with van der Waals surface area (Å²) in [5.41, 5.74) is 0.910. The molecular weight excluding hydrogens is 324 g/mol. The number of thiophene rings is 1. The first-order valence-corrected chi connectivity index (χ1v) is 7.71. The Hall–Kier alpha value is -2.65. The van der Waals surface area contributed by atoms with Crippen LogP contribution >= 0.6 is 22.7 Å². The fourth-order valence-electron chi connectivity index (χ4n) is 1.68. The summed E-state index contributed by atoms with van der Waals surface area (Å²) in [7, 11) is 0. The number of carbonyl (C=O) groups is 1. The zero-order valence-corrected chi connectivity index (χ0v) is 12.6. The van der Waals surface area contributed by atoms with Gasteiger partial charge in [0.25, 0.3) is 5.91 Å². The Balaban J connectivity index is 1.74. The van der Waals surface area contributed by atoms with E-state index in [1.54, 1.807) is 0 Å². The number of amides is 1. The molecular formula is C13H8N4O3S2. The second kappa shape index (κ2) is 6.00. The van der Waals surface area contributed by atoms with Crippen molar-refractivity contribution >= 4 is 38.7 Å². The predicted octanol–water partition coefficient (Wildman–Crippen LogP) is 3.43. The van der Waals surface area contributed by atoms with Gasteiger partial charge in [0.05, 0.1) is 9.80 Å². The molecule has 3 aromatic rings. The largest absolute Gasteiger partial charge is 0.324 e. The highest BCUT2D eigenvalue weighted by Gasteiger charge is 2.17. The molecule has 110 valence electrons. The van der Waals surface area contributed by atoms with Crippen molar-refractivity contribution in [1.29, 1.82) is 0 Å². The highest BCUT2D eigenvalue weighted by atomic mass is 32.1. The molecule has 1 aromatic carbocycles. The monoisotopic (exact) mass is 332 g/mol. The molecule has 0 fully saturated rings. The van der Waals surface area contributed by atoms with Gasteiger partial charge in [0, 0.05) is 11.6 Å².